The van der Waals surface area contributed by atoms with Crippen molar-refractivity contribution in [3.05, 3.63) is 54.2 Å². The summed E-state index contributed by atoms with van der Waals surface area (Å²) in [7, 11) is 1.97. The van der Waals surface area contributed by atoms with E-state index in [9.17, 15) is 5.11 Å². The first-order chi connectivity index (χ1) is 9.24. The van der Waals surface area contributed by atoms with Crippen LogP contribution in [0.2, 0.25) is 0 Å². The van der Waals surface area contributed by atoms with Gasteiger partial charge in [-0.1, -0.05) is 18.2 Å². The van der Waals surface area contributed by atoms with Gasteiger partial charge in [0.15, 0.2) is 0 Å². The number of thioether (sulfide) groups is 1. The van der Waals surface area contributed by atoms with Crippen LogP contribution in [-0.4, -0.2) is 14.9 Å². The smallest absolute Gasteiger partial charge is 0.115 e. The Bertz CT molecular complexity index is 704. The highest BCUT2D eigenvalue weighted by Gasteiger charge is 2.07. The minimum absolute atomic E-state index is 0.299. The molecular formula is C15H14N2OS. The van der Waals surface area contributed by atoms with Crippen LogP contribution < -0.4 is 0 Å². The number of aryl methyl sites for hydroxylation is 1. The molecule has 1 aromatic heterocycles. The van der Waals surface area contributed by atoms with Crippen molar-refractivity contribution in [1.29, 1.82) is 0 Å². The van der Waals surface area contributed by atoms with Gasteiger partial charge in [0.2, 0.25) is 0 Å². The Kier molecular flexibility index (Phi) is 3.17. The van der Waals surface area contributed by atoms with Gasteiger partial charge in [-0.05, 0) is 30.3 Å². The SMILES string of the molecule is Cn1nc(CSc2ccc(O)cc2)c2ccccc21. The second kappa shape index (κ2) is 4.97. The summed E-state index contributed by atoms with van der Waals surface area (Å²) in [6.07, 6.45) is 0. The monoisotopic (exact) mass is 270 g/mol. The van der Waals surface area contributed by atoms with Crippen LogP contribution in [0.15, 0.2) is 53.4 Å². The highest BCUT2D eigenvalue weighted by molar-refractivity contribution is 7.98. The van der Waals surface area contributed by atoms with E-state index in [4.69, 9.17) is 0 Å². The number of hydrogen-bond donors (Lipinski definition) is 1. The lowest BCUT2D eigenvalue weighted by molar-refractivity contribution is 0.475. The molecule has 1 heterocycles. The van der Waals surface area contributed by atoms with Crippen LogP contribution in [0.4, 0.5) is 0 Å². The summed E-state index contributed by atoms with van der Waals surface area (Å²) < 4.78 is 1.92. The number of phenols is 1. The summed E-state index contributed by atoms with van der Waals surface area (Å²) in [5.74, 6) is 1.12. The highest BCUT2D eigenvalue weighted by Crippen LogP contribution is 2.27. The van der Waals surface area contributed by atoms with E-state index in [1.165, 1.54) is 5.39 Å². The maximum Gasteiger partial charge on any atom is 0.115 e. The molecule has 0 fully saturated rings. The van der Waals surface area contributed by atoms with Crippen LogP contribution in [0, 0.1) is 0 Å². The Labute approximate surface area is 115 Å². The summed E-state index contributed by atoms with van der Waals surface area (Å²) in [5.41, 5.74) is 2.25. The predicted molar refractivity (Wildman–Crippen MR) is 78.4 cm³/mol. The third-order valence-corrected chi connectivity index (χ3v) is 4.07. The van der Waals surface area contributed by atoms with Gasteiger partial charge < -0.3 is 5.11 Å². The number of para-hydroxylation sites is 1. The van der Waals surface area contributed by atoms with Crippen molar-refractivity contribution in [1.82, 2.24) is 9.78 Å². The van der Waals surface area contributed by atoms with Crippen molar-refractivity contribution in [3.8, 4) is 5.75 Å². The quantitative estimate of drug-likeness (QED) is 0.739. The maximum atomic E-state index is 9.26. The minimum atomic E-state index is 0.299. The Morgan fingerprint density at radius 2 is 1.84 bits per heavy atom. The Morgan fingerprint density at radius 3 is 2.63 bits per heavy atom. The van der Waals surface area contributed by atoms with E-state index in [0.717, 1.165) is 21.9 Å². The van der Waals surface area contributed by atoms with Gasteiger partial charge in [-0.25, -0.2) is 0 Å². The first-order valence-electron chi connectivity index (χ1n) is 6.06. The summed E-state index contributed by atoms with van der Waals surface area (Å²) >= 11 is 1.72. The van der Waals surface area contributed by atoms with Crippen LogP contribution in [0.3, 0.4) is 0 Å². The standard InChI is InChI=1S/C15H14N2OS/c1-17-15-5-3-2-4-13(15)14(16-17)10-19-12-8-6-11(18)7-9-12/h2-9,18H,10H2,1H3. The van der Waals surface area contributed by atoms with Crippen molar-refractivity contribution in [2.45, 2.75) is 10.6 Å². The number of phenolic OH excluding ortho intramolecular Hbond substituents is 1. The minimum Gasteiger partial charge on any atom is -0.508 e. The van der Waals surface area contributed by atoms with Gasteiger partial charge >= 0.3 is 0 Å². The topological polar surface area (TPSA) is 38.0 Å². The van der Waals surface area contributed by atoms with Crippen LogP contribution in [0.5, 0.6) is 5.75 Å². The number of hydrogen-bond acceptors (Lipinski definition) is 3. The molecular weight excluding hydrogens is 256 g/mol. The van der Waals surface area contributed by atoms with Crippen molar-refractivity contribution >= 4 is 22.7 Å². The predicted octanol–water partition coefficient (Wildman–Crippen LogP) is 3.57. The molecule has 3 rings (SSSR count). The van der Waals surface area contributed by atoms with Crippen molar-refractivity contribution < 1.29 is 5.11 Å². The van der Waals surface area contributed by atoms with Gasteiger partial charge in [-0.2, -0.15) is 5.10 Å². The molecule has 0 atom stereocenters. The van der Waals surface area contributed by atoms with E-state index in [1.807, 2.05) is 36.0 Å². The number of fused-ring (bicyclic) bond motifs is 1. The van der Waals surface area contributed by atoms with Crippen LogP contribution in [-0.2, 0) is 12.8 Å². The fraction of sp³-hybridized carbons (Fsp3) is 0.133. The molecule has 3 aromatic rings. The molecule has 0 aliphatic carbocycles. The van der Waals surface area contributed by atoms with E-state index < -0.39 is 0 Å². The normalized spacial score (nSPS) is 11.0. The number of nitrogens with zero attached hydrogens (tertiary/aromatic N) is 2. The van der Waals surface area contributed by atoms with Gasteiger partial charge in [0.05, 0.1) is 11.2 Å². The molecule has 0 bridgehead atoms. The lowest BCUT2D eigenvalue weighted by atomic mass is 10.2. The zero-order chi connectivity index (χ0) is 13.2. The summed E-state index contributed by atoms with van der Waals surface area (Å²) in [4.78, 5) is 1.13. The molecule has 0 aliphatic heterocycles. The number of aromatic nitrogens is 2. The molecule has 19 heavy (non-hydrogen) atoms. The van der Waals surface area contributed by atoms with Gasteiger partial charge in [0, 0.05) is 23.1 Å². The molecule has 0 saturated heterocycles. The average Bonchev–Trinajstić information content (AvgIpc) is 2.76. The molecule has 2 aromatic carbocycles. The fourth-order valence-corrected chi connectivity index (χ4v) is 2.93. The molecule has 1 N–H and O–H groups in total. The second-order valence-corrected chi connectivity index (χ2v) is 5.42. The van der Waals surface area contributed by atoms with E-state index in [0.29, 0.717) is 5.75 Å². The zero-order valence-corrected chi connectivity index (χ0v) is 11.4. The Morgan fingerprint density at radius 1 is 1.11 bits per heavy atom. The van der Waals surface area contributed by atoms with Gasteiger partial charge in [-0.15, -0.1) is 11.8 Å². The number of benzene rings is 2. The lowest BCUT2D eigenvalue weighted by Crippen LogP contribution is -1.90. The van der Waals surface area contributed by atoms with Crippen LogP contribution >= 0.6 is 11.8 Å². The van der Waals surface area contributed by atoms with Crippen LogP contribution in [0.25, 0.3) is 10.9 Å². The van der Waals surface area contributed by atoms with Crippen molar-refractivity contribution in [2.24, 2.45) is 7.05 Å². The molecule has 4 heteroatoms. The van der Waals surface area contributed by atoms with Crippen LogP contribution in [0.1, 0.15) is 5.69 Å². The summed E-state index contributed by atoms with van der Waals surface area (Å²) in [5, 5.41) is 15.0. The van der Waals surface area contributed by atoms with E-state index >= 15 is 0 Å². The number of rotatable bonds is 3. The summed E-state index contributed by atoms with van der Waals surface area (Å²) in [6, 6.07) is 15.5. The number of aromatic hydroxyl groups is 1. The molecule has 0 spiro atoms. The zero-order valence-electron chi connectivity index (χ0n) is 10.6. The largest absolute Gasteiger partial charge is 0.508 e. The Balaban J connectivity index is 1.84. The van der Waals surface area contributed by atoms with Gasteiger partial charge in [0.1, 0.15) is 5.75 Å². The average molecular weight is 270 g/mol. The first-order valence-corrected chi connectivity index (χ1v) is 7.05. The molecule has 96 valence electrons. The van der Waals surface area contributed by atoms with Crippen molar-refractivity contribution in [2.75, 3.05) is 0 Å². The third kappa shape index (κ3) is 2.44. The van der Waals surface area contributed by atoms with E-state index in [-0.39, 0.29) is 0 Å². The second-order valence-electron chi connectivity index (χ2n) is 4.37. The highest BCUT2D eigenvalue weighted by atomic mass is 32.2. The summed E-state index contributed by atoms with van der Waals surface area (Å²) in [6.45, 7) is 0. The van der Waals surface area contributed by atoms with Gasteiger partial charge in [0.25, 0.3) is 0 Å². The third-order valence-electron chi connectivity index (χ3n) is 3.05. The van der Waals surface area contributed by atoms with E-state index in [1.54, 1.807) is 23.9 Å². The maximum absolute atomic E-state index is 9.26. The Hall–Kier alpha value is -1.94. The van der Waals surface area contributed by atoms with E-state index in [2.05, 4.69) is 17.2 Å². The first kappa shape index (κ1) is 12.1. The molecule has 3 nitrogen and oxygen atoms in total. The fourth-order valence-electron chi connectivity index (χ4n) is 2.09. The molecule has 0 saturated carbocycles. The van der Waals surface area contributed by atoms with Gasteiger partial charge in [-0.3, -0.25) is 4.68 Å². The molecule has 0 unspecified atom stereocenters. The van der Waals surface area contributed by atoms with Crippen molar-refractivity contribution in [3.63, 3.8) is 0 Å². The molecule has 0 amide bonds. The molecule has 0 aliphatic rings. The molecule has 0 radical (unpaired) electrons. The lowest BCUT2D eigenvalue weighted by Gasteiger charge is -2.00.